The van der Waals surface area contributed by atoms with Crippen molar-refractivity contribution in [1.29, 1.82) is 0 Å². The Morgan fingerprint density at radius 3 is 1.94 bits per heavy atom. The van der Waals surface area contributed by atoms with Gasteiger partial charge in [0, 0.05) is 0 Å². The zero-order valence-corrected chi connectivity index (χ0v) is 10.7. The summed E-state index contributed by atoms with van der Waals surface area (Å²) in [5, 5.41) is 0. The molecule has 0 fully saturated rings. The number of ether oxygens (including phenoxy) is 1. The third kappa shape index (κ3) is 5.54. The largest absolute Gasteiger partial charge is 0.462 e. The third-order valence-corrected chi connectivity index (χ3v) is 1.87. The lowest BCUT2D eigenvalue weighted by Crippen LogP contribution is -2.04. The Balaban J connectivity index is 0.000000673. The van der Waals surface area contributed by atoms with E-state index < -0.39 is 0 Å². The van der Waals surface area contributed by atoms with Crippen LogP contribution in [0.3, 0.4) is 0 Å². The zero-order chi connectivity index (χ0) is 12.4. The minimum absolute atomic E-state index is 0.245. The number of hydrogen-bond acceptors (Lipinski definition) is 2. The van der Waals surface area contributed by atoms with Gasteiger partial charge in [0.2, 0.25) is 0 Å². The third-order valence-electron chi connectivity index (χ3n) is 1.87. The molecule has 0 saturated heterocycles. The summed E-state index contributed by atoms with van der Waals surface area (Å²) in [6.07, 6.45) is 2.24. The molecule has 1 rings (SSSR count). The molecular formula is C14H22O2. The Labute approximate surface area is 98.6 Å². The van der Waals surface area contributed by atoms with Gasteiger partial charge >= 0.3 is 5.97 Å². The van der Waals surface area contributed by atoms with Crippen molar-refractivity contribution in [3.05, 3.63) is 35.4 Å². The summed E-state index contributed by atoms with van der Waals surface area (Å²) in [6, 6.07) is 7.51. The predicted octanol–water partition coefficient (Wildman–Crippen LogP) is 3.84. The van der Waals surface area contributed by atoms with E-state index in [2.05, 4.69) is 20.8 Å². The first-order valence-corrected chi connectivity index (χ1v) is 5.95. The fourth-order valence-corrected chi connectivity index (χ4v) is 1.09. The van der Waals surface area contributed by atoms with E-state index in [0.29, 0.717) is 12.2 Å². The number of aryl methyl sites for hydroxylation is 1. The second-order valence-corrected chi connectivity index (χ2v) is 3.48. The van der Waals surface area contributed by atoms with Gasteiger partial charge in [-0.3, -0.25) is 0 Å². The highest BCUT2D eigenvalue weighted by molar-refractivity contribution is 5.89. The van der Waals surface area contributed by atoms with Crippen molar-refractivity contribution in [2.45, 2.75) is 40.5 Å². The maximum Gasteiger partial charge on any atom is 0.338 e. The molecule has 0 heterocycles. The molecule has 0 saturated carbocycles. The van der Waals surface area contributed by atoms with Crippen molar-refractivity contribution < 1.29 is 9.53 Å². The smallest absolute Gasteiger partial charge is 0.338 e. The molecule has 0 aliphatic heterocycles. The van der Waals surface area contributed by atoms with E-state index in [4.69, 9.17) is 4.74 Å². The molecule has 1 aromatic carbocycles. The summed E-state index contributed by atoms with van der Waals surface area (Å²) in [6.45, 7) is 8.56. The van der Waals surface area contributed by atoms with Crippen LogP contribution in [0.15, 0.2) is 24.3 Å². The van der Waals surface area contributed by atoms with Gasteiger partial charge in [0.05, 0.1) is 12.2 Å². The Morgan fingerprint density at radius 2 is 1.56 bits per heavy atom. The molecule has 0 radical (unpaired) electrons. The highest BCUT2D eigenvalue weighted by atomic mass is 16.5. The average molecular weight is 222 g/mol. The summed E-state index contributed by atoms with van der Waals surface area (Å²) in [5.74, 6) is -0.245. The number of carbonyl (C=O) groups is 1. The van der Waals surface area contributed by atoms with Crippen LogP contribution in [-0.2, 0) is 11.2 Å². The van der Waals surface area contributed by atoms with Gasteiger partial charge in [-0.2, -0.15) is 0 Å². The van der Waals surface area contributed by atoms with E-state index in [1.54, 1.807) is 19.1 Å². The van der Waals surface area contributed by atoms with Gasteiger partial charge in [0.25, 0.3) is 0 Å². The molecule has 2 heteroatoms. The molecular weight excluding hydrogens is 200 g/mol. The second kappa shape index (κ2) is 8.96. The fourth-order valence-electron chi connectivity index (χ4n) is 1.09. The Hall–Kier alpha value is -1.31. The normalized spacial score (nSPS) is 9.00. The Bertz CT molecular complexity index is 288. The standard InChI is InChI=1S/C11H14O2.C3H8/c1-3-9-5-7-10(8-6-9)11(12)13-4-2;1-3-2/h5-8H,3-4H2,1-2H3;3H2,1-2H3. The second-order valence-electron chi connectivity index (χ2n) is 3.48. The van der Waals surface area contributed by atoms with Crippen LogP contribution in [0.1, 0.15) is 50.0 Å². The number of rotatable bonds is 3. The quantitative estimate of drug-likeness (QED) is 0.726. The van der Waals surface area contributed by atoms with E-state index in [1.165, 1.54) is 12.0 Å². The van der Waals surface area contributed by atoms with Gasteiger partial charge in [0.1, 0.15) is 0 Å². The highest BCUT2D eigenvalue weighted by Crippen LogP contribution is 2.06. The molecule has 1 aromatic rings. The minimum Gasteiger partial charge on any atom is -0.462 e. The Kier molecular flexibility index (Phi) is 8.22. The lowest BCUT2D eigenvalue weighted by molar-refractivity contribution is 0.0526. The van der Waals surface area contributed by atoms with Crippen molar-refractivity contribution in [1.82, 2.24) is 0 Å². The fraction of sp³-hybridized carbons (Fsp3) is 0.500. The summed E-state index contributed by atoms with van der Waals surface area (Å²) in [7, 11) is 0. The van der Waals surface area contributed by atoms with Crippen molar-refractivity contribution >= 4 is 5.97 Å². The van der Waals surface area contributed by atoms with E-state index in [1.807, 2.05) is 12.1 Å². The molecule has 90 valence electrons. The van der Waals surface area contributed by atoms with E-state index in [-0.39, 0.29) is 5.97 Å². The van der Waals surface area contributed by atoms with E-state index in [0.717, 1.165) is 6.42 Å². The molecule has 0 spiro atoms. The van der Waals surface area contributed by atoms with Gasteiger partial charge in [-0.05, 0) is 31.0 Å². The van der Waals surface area contributed by atoms with Crippen LogP contribution in [0.25, 0.3) is 0 Å². The van der Waals surface area contributed by atoms with E-state index >= 15 is 0 Å². The lowest BCUT2D eigenvalue weighted by Gasteiger charge is -2.01. The summed E-state index contributed by atoms with van der Waals surface area (Å²) < 4.78 is 4.86. The topological polar surface area (TPSA) is 26.3 Å². The summed E-state index contributed by atoms with van der Waals surface area (Å²) in [5.41, 5.74) is 1.85. The molecule has 0 aliphatic rings. The number of carbonyl (C=O) groups excluding carboxylic acids is 1. The first kappa shape index (κ1) is 14.7. The van der Waals surface area contributed by atoms with Crippen LogP contribution < -0.4 is 0 Å². The van der Waals surface area contributed by atoms with Crippen LogP contribution in [0, 0.1) is 0 Å². The molecule has 0 atom stereocenters. The molecule has 0 N–H and O–H groups in total. The maximum absolute atomic E-state index is 11.2. The number of benzene rings is 1. The molecule has 0 bridgehead atoms. The molecule has 0 aliphatic carbocycles. The van der Waals surface area contributed by atoms with E-state index in [9.17, 15) is 4.79 Å². The van der Waals surface area contributed by atoms with Crippen LogP contribution in [0.4, 0.5) is 0 Å². The summed E-state index contributed by atoms with van der Waals surface area (Å²) in [4.78, 5) is 11.2. The summed E-state index contributed by atoms with van der Waals surface area (Å²) >= 11 is 0. The first-order chi connectivity index (χ1) is 7.69. The SMILES string of the molecule is CCC.CCOC(=O)c1ccc(CC)cc1. The van der Waals surface area contributed by atoms with Crippen molar-refractivity contribution in [2.75, 3.05) is 6.61 Å². The lowest BCUT2D eigenvalue weighted by atomic mass is 10.1. The van der Waals surface area contributed by atoms with Gasteiger partial charge < -0.3 is 4.74 Å². The van der Waals surface area contributed by atoms with Crippen LogP contribution in [0.2, 0.25) is 0 Å². The monoisotopic (exact) mass is 222 g/mol. The van der Waals surface area contributed by atoms with Gasteiger partial charge in [-0.25, -0.2) is 4.79 Å². The minimum atomic E-state index is -0.245. The molecule has 0 amide bonds. The maximum atomic E-state index is 11.2. The average Bonchev–Trinajstić information content (AvgIpc) is 2.30. The van der Waals surface area contributed by atoms with Crippen molar-refractivity contribution in [3.8, 4) is 0 Å². The van der Waals surface area contributed by atoms with Crippen molar-refractivity contribution in [2.24, 2.45) is 0 Å². The van der Waals surface area contributed by atoms with Gasteiger partial charge in [-0.15, -0.1) is 0 Å². The number of esters is 1. The Morgan fingerprint density at radius 1 is 1.06 bits per heavy atom. The predicted molar refractivity (Wildman–Crippen MR) is 67.7 cm³/mol. The highest BCUT2D eigenvalue weighted by Gasteiger charge is 2.04. The molecule has 0 unspecified atom stereocenters. The number of hydrogen-bond donors (Lipinski definition) is 0. The van der Waals surface area contributed by atoms with Gasteiger partial charge in [0.15, 0.2) is 0 Å². The molecule has 16 heavy (non-hydrogen) atoms. The van der Waals surface area contributed by atoms with Crippen LogP contribution in [-0.4, -0.2) is 12.6 Å². The van der Waals surface area contributed by atoms with Crippen LogP contribution in [0.5, 0.6) is 0 Å². The zero-order valence-electron chi connectivity index (χ0n) is 10.7. The van der Waals surface area contributed by atoms with Gasteiger partial charge in [-0.1, -0.05) is 39.3 Å². The first-order valence-electron chi connectivity index (χ1n) is 5.95. The molecule has 2 nitrogen and oxygen atoms in total. The van der Waals surface area contributed by atoms with Crippen molar-refractivity contribution in [3.63, 3.8) is 0 Å². The molecule has 0 aromatic heterocycles. The van der Waals surface area contributed by atoms with Crippen LogP contribution >= 0.6 is 0 Å².